The molecule has 1 amide bonds. The Kier molecular flexibility index (Phi) is 3.97. The second kappa shape index (κ2) is 6.06. The monoisotopic (exact) mass is 281 g/mol. The number of rotatable bonds is 2. The molecule has 0 bridgehead atoms. The van der Waals surface area contributed by atoms with Gasteiger partial charge in [-0.1, -0.05) is 36.4 Å². The van der Waals surface area contributed by atoms with Gasteiger partial charge in [0.05, 0.1) is 0 Å². The van der Waals surface area contributed by atoms with Gasteiger partial charge < -0.3 is 4.90 Å². The van der Waals surface area contributed by atoms with Crippen LogP contribution in [0.3, 0.4) is 0 Å². The van der Waals surface area contributed by atoms with E-state index in [1.54, 1.807) is 0 Å². The summed E-state index contributed by atoms with van der Waals surface area (Å²) in [7, 11) is 2.10. The van der Waals surface area contributed by atoms with Crippen LogP contribution < -0.4 is 5.43 Å². The van der Waals surface area contributed by atoms with Crippen LogP contribution >= 0.6 is 0 Å². The first-order valence-corrected chi connectivity index (χ1v) is 7.26. The normalized spacial score (nSPS) is 16.0. The Labute approximate surface area is 124 Å². The number of hydrogen-bond donors (Lipinski definition) is 1. The Balaban J connectivity index is 1.77. The molecule has 0 spiro atoms. The number of carbonyl (C=O) groups excluding carboxylic acids is 1. The van der Waals surface area contributed by atoms with Gasteiger partial charge in [-0.05, 0) is 23.9 Å². The SMILES string of the molecule is CN1CCC(=NNC(=O)c2cccc3ccccc23)CC1. The molecule has 0 aliphatic carbocycles. The topological polar surface area (TPSA) is 44.7 Å². The van der Waals surface area contributed by atoms with E-state index in [9.17, 15) is 4.79 Å². The standard InChI is InChI=1S/C17H19N3O/c1-20-11-9-14(10-12-20)18-19-17(21)16-8-4-6-13-5-2-3-7-15(13)16/h2-8H,9-12H2,1H3,(H,19,21). The molecule has 0 unspecified atom stereocenters. The number of piperidine rings is 1. The lowest BCUT2D eigenvalue weighted by Gasteiger charge is -2.22. The fourth-order valence-corrected chi connectivity index (χ4v) is 2.60. The molecule has 0 aromatic heterocycles. The Bertz CT molecular complexity index is 678. The molecule has 21 heavy (non-hydrogen) atoms. The van der Waals surface area contributed by atoms with Crippen molar-refractivity contribution in [1.29, 1.82) is 0 Å². The van der Waals surface area contributed by atoms with Gasteiger partial charge in [0.1, 0.15) is 0 Å². The van der Waals surface area contributed by atoms with Crippen molar-refractivity contribution in [2.45, 2.75) is 12.8 Å². The molecule has 0 saturated carbocycles. The van der Waals surface area contributed by atoms with Gasteiger partial charge in [0.2, 0.25) is 0 Å². The molecular formula is C17H19N3O. The number of hydrogen-bond acceptors (Lipinski definition) is 3. The van der Waals surface area contributed by atoms with Crippen LogP contribution in [0.2, 0.25) is 0 Å². The van der Waals surface area contributed by atoms with E-state index in [4.69, 9.17) is 0 Å². The highest BCUT2D eigenvalue weighted by Gasteiger charge is 2.13. The average molecular weight is 281 g/mol. The van der Waals surface area contributed by atoms with Crippen molar-refractivity contribution >= 4 is 22.4 Å². The van der Waals surface area contributed by atoms with Crippen molar-refractivity contribution in [2.75, 3.05) is 20.1 Å². The van der Waals surface area contributed by atoms with E-state index in [0.29, 0.717) is 5.56 Å². The molecule has 4 heteroatoms. The predicted molar refractivity (Wildman–Crippen MR) is 85.6 cm³/mol. The predicted octanol–water partition coefficient (Wildman–Crippen LogP) is 2.65. The summed E-state index contributed by atoms with van der Waals surface area (Å²) >= 11 is 0. The number of fused-ring (bicyclic) bond motifs is 1. The van der Waals surface area contributed by atoms with E-state index in [0.717, 1.165) is 42.4 Å². The van der Waals surface area contributed by atoms with Gasteiger partial charge in [-0.25, -0.2) is 5.43 Å². The molecule has 1 heterocycles. The van der Waals surface area contributed by atoms with E-state index in [1.807, 2.05) is 42.5 Å². The summed E-state index contributed by atoms with van der Waals surface area (Å²) in [6.45, 7) is 2.01. The summed E-state index contributed by atoms with van der Waals surface area (Å²) in [6.07, 6.45) is 1.85. The van der Waals surface area contributed by atoms with Crippen LogP contribution in [0, 0.1) is 0 Å². The highest BCUT2D eigenvalue weighted by molar-refractivity contribution is 6.07. The second-order valence-electron chi connectivity index (χ2n) is 5.45. The number of carbonyl (C=O) groups is 1. The molecule has 1 N–H and O–H groups in total. The quantitative estimate of drug-likeness (QED) is 0.860. The molecular weight excluding hydrogens is 262 g/mol. The van der Waals surface area contributed by atoms with E-state index in [1.165, 1.54) is 0 Å². The summed E-state index contributed by atoms with van der Waals surface area (Å²) < 4.78 is 0. The number of amides is 1. The van der Waals surface area contributed by atoms with Crippen molar-refractivity contribution in [3.63, 3.8) is 0 Å². The third-order valence-corrected chi connectivity index (χ3v) is 3.91. The molecule has 0 atom stereocenters. The van der Waals surface area contributed by atoms with Gasteiger partial charge in [-0.15, -0.1) is 0 Å². The fourth-order valence-electron chi connectivity index (χ4n) is 2.60. The van der Waals surface area contributed by atoms with E-state index < -0.39 is 0 Å². The van der Waals surface area contributed by atoms with Crippen LogP contribution in [0.1, 0.15) is 23.2 Å². The first-order valence-electron chi connectivity index (χ1n) is 7.26. The minimum Gasteiger partial charge on any atom is -0.306 e. The first-order chi connectivity index (χ1) is 10.2. The number of nitrogens with zero attached hydrogens (tertiary/aromatic N) is 2. The lowest BCUT2D eigenvalue weighted by Crippen LogP contribution is -2.32. The zero-order valence-electron chi connectivity index (χ0n) is 12.2. The summed E-state index contributed by atoms with van der Waals surface area (Å²) in [5.41, 5.74) is 4.45. The van der Waals surface area contributed by atoms with Crippen LogP contribution in [0.5, 0.6) is 0 Å². The minimum absolute atomic E-state index is 0.141. The van der Waals surface area contributed by atoms with Crippen LogP contribution in [-0.2, 0) is 0 Å². The third kappa shape index (κ3) is 3.11. The van der Waals surface area contributed by atoms with Gasteiger partial charge in [0.25, 0.3) is 5.91 Å². The van der Waals surface area contributed by atoms with Crippen LogP contribution in [0.15, 0.2) is 47.6 Å². The summed E-state index contributed by atoms with van der Waals surface area (Å²) in [4.78, 5) is 14.6. The van der Waals surface area contributed by atoms with Crippen molar-refractivity contribution in [1.82, 2.24) is 10.3 Å². The third-order valence-electron chi connectivity index (χ3n) is 3.91. The molecule has 1 saturated heterocycles. The van der Waals surface area contributed by atoms with Gasteiger partial charge >= 0.3 is 0 Å². The average Bonchev–Trinajstić information content (AvgIpc) is 2.53. The van der Waals surface area contributed by atoms with E-state index >= 15 is 0 Å². The Morgan fingerprint density at radius 1 is 1.10 bits per heavy atom. The van der Waals surface area contributed by atoms with Gasteiger partial charge in [0, 0.05) is 37.2 Å². The first kappa shape index (κ1) is 13.8. The molecule has 2 aromatic carbocycles. The van der Waals surface area contributed by atoms with Crippen LogP contribution in [0.4, 0.5) is 0 Å². The van der Waals surface area contributed by atoms with Crippen molar-refractivity contribution in [3.8, 4) is 0 Å². The maximum absolute atomic E-state index is 12.3. The molecule has 1 aliphatic rings. The molecule has 108 valence electrons. The Morgan fingerprint density at radius 3 is 2.62 bits per heavy atom. The molecule has 3 rings (SSSR count). The number of likely N-dealkylation sites (tertiary alicyclic amines) is 1. The molecule has 2 aromatic rings. The fraction of sp³-hybridized carbons (Fsp3) is 0.294. The summed E-state index contributed by atoms with van der Waals surface area (Å²) in [5, 5.41) is 6.32. The largest absolute Gasteiger partial charge is 0.306 e. The summed E-state index contributed by atoms with van der Waals surface area (Å²) in [5.74, 6) is -0.141. The maximum Gasteiger partial charge on any atom is 0.271 e. The molecule has 4 nitrogen and oxygen atoms in total. The highest BCUT2D eigenvalue weighted by Crippen LogP contribution is 2.18. The van der Waals surface area contributed by atoms with Crippen LogP contribution in [0.25, 0.3) is 10.8 Å². The van der Waals surface area contributed by atoms with Gasteiger partial charge in [-0.3, -0.25) is 4.79 Å². The Morgan fingerprint density at radius 2 is 1.81 bits per heavy atom. The molecule has 1 fully saturated rings. The van der Waals surface area contributed by atoms with Gasteiger partial charge in [0.15, 0.2) is 0 Å². The van der Waals surface area contributed by atoms with Crippen LogP contribution in [-0.4, -0.2) is 36.7 Å². The number of benzene rings is 2. The van der Waals surface area contributed by atoms with Crippen molar-refractivity contribution in [3.05, 3.63) is 48.0 Å². The zero-order chi connectivity index (χ0) is 14.7. The lowest BCUT2D eigenvalue weighted by molar-refractivity contribution is 0.0956. The molecule has 0 radical (unpaired) electrons. The Hall–Kier alpha value is -2.20. The van der Waals surface area contributed by atoms with Crippen molar-refractivity contribution < 1.29 is 4.79 Å². The van der Waals surface area contributed by atoms with Crippen molar-refractivity contribution in [2.24, 2.45) is 5.10 Å². The second-order valence-corrected chi connectivity index (χ2v) is 5.45. The lowest BCUT2D eigenvalue weighted by atomic mass is 10.0. The maximum atomic E-state index is 12.3. The molecule has 1 aliphatic heterocycles. The van der Waals surface area contributed by atoms with E-state index in [-0.39, 0.29) is 5.91 Å². The summed E-state index contributed by atoms with van der Waals surface area (Å²) in [6, 6.07) is 13.6. The zero-order valence-corrected chi connectivity index (χ0v) is 12.2. The highest BCUT2D eigenvalue weighted by atomic mass is 16.2. The minimum atomic E-state index is -0.141. The van der Waals surface area contributed by atoms with E-state index in [2.05, 4.69) is 22.5 Å². The smallest absolute Gasteiger partial charge is 0.271 e. The van der Waals surface area contributed by atoms with Gasteiger partial charge in [-0.2, -0.15) is 5.10 Å². The number of nitrogens with one attached hydrogen (secondary N) is 1. The number of hydrazone groups is 1.